The van der Waals surface area contributed by atoms with E-state index in [0.717, 1.165) is 0 Å². The predicted octanol–water partition coefficient (Wildman–Crippen LogP) is 0.457. The molecular weight excluding hydrogens is 320 g/mol. The summed E-state index contributed by atoms with van der Waals surface area (Å²) in [4.78, 5) is 24.7. The van der Waals surface area contributed by atoms with Crippen LogP contribution >= 0.6 is 11.6 Å². The van der Waals surface area contributed by atoms with Crippen LogP contribution in [0.1, 0.15) is 5.82 Å². The quantitative estimate of drug-likeness (QED) is 0.572. The number of rotatable bonds is 2. The first kappa shape index (κ1) is 13.7. The lowest BCUT2D eigenvalue weighted by Crippen LogP contribution is -2.26. The lowest BCUT2D eigenvalue weighted by Gasteiger charge is -2.09. The first-order valence-corrected chi connectivity index (χ1v) is 7.08. The van der Waals surface area contributed by atoms with Crippen LogP contribution < -0.4 is 11.3 Å². The first-order valence-electron chi connectivity index (χ1n) is 6.70. The van der Waals surface area contributed by atoms with Gasteiger partial charge in [0.2, 0.25) is 0 Å². The number of hydrogen-bond acceptors (Lipinski definition) is 6. The molecule has 0 unspecified atom stereocenters. The molecule has 0 radical (unpaired) electrons. The van der Waals surface area contributed by atoms with Gasteiger partial charge in [-0.1, -0.05) is 11.6 Å². The summed E-state index contributed by atoms with van der Waals surface area (Å²) in [5, 5.41) is 4.81. The van der Waals surface area contributed by atoms with Gasteiger partial charge in [-0.05, 0) is 6.07 Å². The maximum Gasteiger partial charge on any atom is 0.279 e. The van der Waals surface area contributed by atoms with Crippen LogP contribution in [-0.4, -0.2) is 33.7 Å². The Bertz CT molecular complexity index is 1110. The van der Waals surface area contributed by atoms with Crippen molar-refractivity contribution in [1.29, 1.82) is 0 Å². The number of halogens is 1. The van der Waals surface area contributed by atoms with Crippen LogP contribution in [0, 0.1) is 0 Å². The van der Waals surface area contributed by atoms with Gasteiger partial charge in [0.1, 0.15) is 17.4 Å². The van der Waals surface area contributed by atoms with Crippen molar-refractivity contribution in [2.45, 2.75) is 6.54 Å². The van der Waals surface area contributed by atoms with Gasteiger partial charge < -0.3 is 10.3 Å². The third-order valence-corrected chi connectivity index (χ3v) is 3.98. The van der Waals surface area contributed by atoms with E-state index >= 15 is 0 Å². The molecule has 0 saturated carbocycles. The van der Waals surface area contributed by atoms with Gasteiger partial charge in [-0.2, -0.15) is 5.10 Å². The standard InChI is InChI=1S/C13H11ClN8O/c1-20-8(19-22-3-2-7(14)10(22)13(20)23)4-21-6-18-9-11(15)16-5-17-12(9)21/h2-3,5-6H,4H2,1H3,(H2,15,16,17). The molecule has 0 atom stereocenters. The maximum absolute atomic E-state index is 12.4. The van der Waals surface area contributed by atoms with Crippen LogP contribution in [0.15, 0.2) is 29.7 Å². The molecule has 4 aromatic rings. The molecule has 9 nitrogen and oxygen atoms in total. The summed E-state index contributed by atoms with van der Waals surface area (Å²) in [6.07, 6.45) is 4.61. The molecule has 0 fully saturated rings. The zero-order chi connectivity index (χ0) is 16.1. The molecule has 0 aliphatic heterocycles. The molecule has 0 aromatic carbocycles. The van der Waals surface area contributed by atoms with Crippen molar-refractivity contribution >= 4 is 34.1 Å². The third kappa shape index (κ3) is 1.97. The molecule has 4 rings (SSSR count). The zero-order valence-electron chi connectivity index (χ0n) is 12.0. The summed E-state index contributed by atoms with van der Waals surface area (Å²) in [7, 11) is 1.65. The fourth-order valence-corrected chi connectivity index (χ4v) is 2.68. The van der Waals surface area contributed by atoms with Crippen molar-refractivity contribution in [3.05, 3.63) is 46.1 Å². The summed E-state index contributed by atoms with van der Waals surface area (Å²) in [5.41, 5.74) is 7.00. The average Bonchev–Trinajstić information content (AvgIpc) is 3.10. The average molecular weight is 331 g/mol. The van der Waals surface area contributed by atoms with E-state index in [1.807, 2.05) is 0 Å². The van der Waals surface area contributed by atoms with Crippen molar-refractivity contribution in [1.82, 2.24) is 33.7 Å². The van der Waals surface area contributed by atoms with Gasteiger partial charge >= 0.3 is 0 Å². The van der Waals surface area contributed by atoms with Gasteiger partial charge in [-0.3, -0.25) is 9.36 Å². The second-order valence-corrected chi connectivity index (χ2v) is 5.45. The second kappa shape index (κ2) is 4.78. The topological polar surface area (TPSA) is 109 Å². The fourth-order valence-electron chi connectivity index (χ4n) is 2.45. The molecule has 10 heteroatoms. The Balaban J connectivity index is 1.88. The lowest BCUT2D eigenvalue weighted by atomic mass is 10.4. The van der Waals surface area contributed by atoms with Crippen LogP contribution in [0.2, 0.25) is 5.02 Å². The Hall–Kier alpha value is -2.94. The molecular formula is C13H11ClN8O. The summed E-state index contributed by atoms with van der Waals surface area (Å²) < 4.78 is 4.69. The van der Waals surface area contributed by atoms with Crippen molar-refractivity contribution in [2.75, 3.05) is 5.73 Å². The molecule has 0 aliphatic carbocycles. The van der Waals surface area contributed by atoms with E-state index in [9.17, 15) is 4.79 Å². The van der Waals surface area contributed by atoms with Gasteiger partial charge in [0, 0.05) is 13.2 Å². The summed E-state index contributed by atoms with van der Waals surface area (Å²) in [6, 6.07) is 1.63. The van der Waals surface area contributed by atoms with Crippen LogP contribution in [-0.2, 0) is 13.6 Å². The highest BCUT2D eigenvalue weighted by atomic mass is 35.5. The monoisotopic (exact) mass is 330 g/mol. The highest BCUT2D eigenvalue weighted by molar-refractivity contribution is 6.33. The minimum absolute atomic E-state index is 0.219. The van der Waals surface area contributed by atoms with E-state index in [2.05, 4.69) is 20.1 Å². The van der Waals surface area contributed by atoms with E-state index in [4.69, 9.17) is 17.3 Å². The molecule has 0 amide bonds. The van der Waals surface area contributed by atoms with Gasteiger partial charge in [0.15, 0.2) is 17.3 Å². The molecule has 23 heavy (non-hydrogen) atoms. The molecule has 4 heterocycles. The summed E-state index contributed by atoms with van der Waals surface area (Å²) in [5.74, 6) is 0.842. The van der Waals surface area contributed by atoms with Gasteiger partial charge in [-0.25, -0.2) is 19.5 Å². The van der Waals surface area contributed by atoms with E-state index in [-0.39, 0.29) is 5.56 Å². The number of aromatic nitrogens is 7. The zero-order valence-corrected chi connectivity index (χ0v) is 12.8. The number of fused-ring (bicyclic) bond motifs is 2. The summed E-state index contributed by atoms with van der Waals surface area (Å²) >= 11 is 6.02. The van der Waals surface area contributed by atoms with Crippen molar-refractivity contribution in [2.24, 2.45) is 7.05 Å². The third-order valence-electron chi connectivity index (χ3n) is 3.68. The predicted molar refractivity (Wildman–Crippen MR) is 84.3 cm³/mol. The minimum atomic E-state index is -0.219. The lowest BCUT2D eigenvalue weighted by molar-refractivity contribution is 0.635. The molecule has 4 aromatic heterocycles. The van der Waals surface area contributed by atoms with Crippen LogP contribution in [0.3, 0.4) is 0 Å². The number of nitrogens with zero attached hydrogens (tertiary/aromatic N) is 7. The van der Waals surface area contributed by atoms with E-state index in [1.54, 1.807) is 30.2 Å². The minimum Gasteiger partial charge on any atom is -0.382 e. The van der Waals surface area contributed by atoms with Crippen molar-refractivity contribution in [3.63, 3.8) is 0 Å². The molecule has 0 bridgehead atoms. The van der Waals surface area contributed by atoms with Crippen molar-refractivity contribution < 1.29 is 0 Å². The maximum atomic E-state index is 12.4. The van der Waals surface area contributed by atoms with E-state index in [0.29, 0.717) is 39.9 Å². The van der Waals surface area contributed by atoms with Crippen LogP contribution in [0.4, 0.5) is 5.82 Å². The Kier molecular flexibility index (Phi) is 2.85. The normalized spacial score (nSPS) is 11.6. The van der Waals surface area contributed by atoms with Gasteiger partial charge in [0.25, 0.3) is 5.56 Å². The molecule has 0 saturated heterocycles. The number of nitrogen functional groups attached to an aromatic ring is 1. The highest BCUT2D eigenvalue weighted by Crippen LogP contribution is 2.16. The number of imidazole rings is 1. The second-order valence-electron chi connectivity index (χ2n) is 5.04. The number of nitrogens with two attached hydrogens (primary N) is 1. The highest BCUT2D eigenvalue weighted by Gasteiger charge is 2.14. The molecule has 116 valence electrons. The van der Waals surface area contributed by atoms with E-state index < -0.39 is 0 Å². The Labute approximate surface area is 134 Å². The first-order chi connectivity index (χ1) is 11.1. The van der Waals surface area contributed by atoms with Crippen molar-refractivity contribution in [3.8, 4) is 0 Å². The smallest absolute Gasteiger partial charge is 0.279 e. The Morgan fingerprint density at radius 2 is 2.13 bits per heavy atom. The van der Waals surface area contributed by atoms with Crippen LogP contribution in [0.5, 0.6) is 0 Å². The largest absolute Gasteiger partial charge is 0.382 e. The summed E-state index contributed by atoms with van der Waals surface area (Å²) in [6.45, 7) is 0.310. The van der Waals surface area contributed by atoms with Gasteiger partial charge in [0.05, 0.1) is 17.9 Å². The van der Waals surface area contributed by atoms with E-state index in [1.165, 1.54) is 15.4 Å². The molecule has 2 N–H and O–H groups in total. The number of hydrogen-bond donors (Lipinski definition) is 1. The Morgan fingerprint density at radius 3 is 2.96 bits per heavy atom. The molecule has 0 spiro atoms. The SMILES string of the molecule is Cn1c(Cn2cnc3c(N)ncnc32)nn2ccc(Cl)c2c1=O. The van der Waals surface area contributed by atoms with Gasteiger partial charge in [-0.15, -0.1) is 0 Å². The Morgan fingerprint density at radius 1 is 1.30 bits per heavy atom. The molecule has 0 aliphatic rings. The number of anilines is 1. The van der Waals surface area contributed by atoms with Crippen LogP contribution in [0.25, 0.3) is 16.7 Å². The fraction of sp³-hybridized carbons (Fsp3) is 0.154.